The molecule has 26 heavy (non-hydrogen) atoms. The Labute approximate surface area is 156 Å². The van der Waals surface area contributed by atoms with Crippen LogP contribution in [0.2, 0.25) is 0 Å². The van der Waals surface area contributed by atoms with Gasteiger partial charge in [-0.15, -0.1) is 0 Å². The van der Waals surface area contributed by atoms with Gasteiger partial charge in [0, 0.05) is 24.7 Å². The zero-order valence-corrected chi connectivity index (χ0v) is 15.8. The molecule has 1 saturated heterocycles. The molecule has 7 heteroatoms. The molecule has 1 unspecified atom stereocenters. The number of amides is 1. The lowest BCUT2D eigenvalue weighted by Crippen LogP contribution is -2.48. The van der Waals surface area contributed by atoms with Crippen LogP contribution in [0.25, 0.3) is 10.2 Å². The Morgan fingerprint density at radius 1 is 1.38 bits per heavy atom. The molecule has 0 spiro atoms. The molecule has 1 amide bonds. The summed E-state index contributed by atoms with van der Waals surface area (Å²) in [6, 6.07) is 8.34. The molecule has 1 N–H and O–H groups in total. The molecule has 2 aromatic heterocycles. The van der Waals surface area contributed by atoms with Crippen molar-refractivity contribution < 1.29 is 9.32 Å². The van der Waals surface area contributed by atoms with E-state index in [4.69, 9.17) is 9.51 Å². The maximum atomic E-state index is 12.5. The van der Waals surface area contributed by atoms with Crippen LogP contribution >= 0.6 is 11.3 Å². The number of aryl methyl sites for hydroxylation is 2. The summed E-state index contributed by atoms with van der Waals surface area (Å²) in [5.74, 6) is 0.743. The summed E-state index contributed by atoms with van der Waals surface area (Å²) in [5, 5.41) is 8.13. The largest absolute Gasteiger partial charge is 0.361 e. The van der Waals surface area contributed by atoms with Gasteiger partial charge < -0.3 is 14.7 Å². The first-order valence-corrected chi connectivity index (χ1v) is 9.73. The van der Waals surface area contributed by atoms with E-state index in [0.29, 0.717) is 6.42 Å². The molecule has 0 saturated carbocycles. The predicted molar refractivity (Wildman–Crippen MR) is 103 cm³/mol. The van der Waals surface area contributed by atoms with Crippen molar-refractivity contribution in [3.8, 4) is 0 Å². The number of para-hydroxylation sites is 1. The number of aromatic nitrogens is 2. The first-order valence-electron chi connectivity index (χ1n) is 8.92. The SMILES string of the molecule is Cc1noc(C)c1CC(=O)NC1CCCN(c2nc3ccccc3s2)C1. The van der Waals surface area contributed by atoms with Crippen molar-refractivity contribution in [1.82, 2.24) is 15.5 Å². The number of rotatable bonds is 4. The van der Waals surface area contributed by atoms with Crippen LogP contribution in [0.4, 0.5) is 5.13 Å². The van der Waals surface area contributed by atoms with E-state index in [2.05, 4.69) is 21.4 Å². The van der Waals surface area contributed by atoms with Crippen LogP contribution in [0.1, 0.15) is 29.9 Å². The van der Waals surface area contributed by atoms with Crippen molar-refractivity contribution in [2.24, 2.45) is 0 Å². The number of hydrogen-bond acceptors (Lipinski definition) is 6. The molecule has 1 aliphatic rings. The van der Waals surface area contributed by atoms with Crippen molar-refractivity contribution in [3.63, 3.8) is 0 Å². The van der Waals surface area contributed by atoms with Crippen molar-refractivity contribution in [2.45, 2.75) is 39.2 Å². The van der Waals surface area contributed by atoms with Crippen LogP contribution in [-0.4, -0.2) is 35.2 Å². The zero-order chi connectivity index (χ0) is 18.1. The second kappa shape index (κ2) is 7.07. The molecule has 1 atom stereocenters. The Morgan fingerprint density at radius 2 is 2.23 bits per heavy atom. The monoisotopic (exact) mass is 370 g/mol. The number of hydrogen-bond donors (Lipinski definition) is 1. The van der Waals surface area contributed by atoms with Gasteiger partial charge in [-0.3, -0.25) is 4.79 Å². The van der Waals surface area contributed by atoms with E-state index in [9.17, 15) is 4.79 Å². The van der Waals surface area contributed by atoms with E-state index in [1.807, 2.05) is 32.0 Å². The number of nitrogens with zero attached hydrogens (tertiary/aromatic N) is 3. The Bertz CT molecular complexity index is 880. The van der Waals surface area contributed by atoms with E-state index >= 15 is 0 Å². The van der Waals surface area contributed by atoms with E-state index in [-0.39, 0.29) is 11.9 Å². The molecule has 6 nitrogen and oxygen atoms in total. The highest BCUT2D eigenvalue weighted by molar-refractivity contribution is 7.22. The molecule has 0 bridgehead atoms. The number of fused-ring (bicyclic) bond motifs is 1. The molecular weight excluding hydrogens is 348 g/mol. The molecule has 0 radical (unpaired) electrons. The first kappa shape index (κ1) is 17.0. The van der Waals surface area contributed by atoms with E-state index in [1.54, 1.807) is 11.3 Å². The fraction of sp³-hybridized carbons (Fsp3) is 0.421. The van der Waals surface area contributed by atoms with Gasteiger partial charge in [0.05, 0.1) is 22.3 Å². The number of anilines is 1. The minimum Gasteiger partial charge on any atom is -0.361 e. The second-order valence-corrected chi connectivity index (χ2v) is 7.81. The molecule has 0 aliphatic carbocycles. The average molecular weight is 370 g/mol. The predicted octanol–water partition coefficient (Wildman–Crippen LogP) is 3.23. The third-order valence-corrected chi connectivity index (χ3v) is 5.96. The van der Waals surface area contributed by atoms with Gasteiger partial charge in [-0.1, -0.05) is 28.6 Å². The average Bonchev–Trinajstić information content (AvgIpc) is 3.20. The lowest BCUT2D eigenvalue weighted by Gasteiger charge is -2.33. The lowest BCUT2D eigenvalue weighted by atomic mass is 10.1. The van der Waals surface area contributed by atoms with Crippen LogP contribution in [0, 0.1) is 13.8 Å². The molecular formula is C19H22N4O2S. The Balaban J connectivity index is 1.41. The molecule has 4 rings (SSSR count). The number of benzene rings is 1. The smallest absolute Gasteiger partial charge is 0.224 e. The van der Waals surface area contributed by atoms with Crippen molar-refractivity contribution in [2.75, 3.05) is 18.0 Å². The molecule has 3 heterocycles. The van der Waals surface area contributed by atoms with Gasteiger partial charge in [0.25, 0.3) is 0 Å². The maximum absolute atomic E-state index is 12.5. The fourth-order valence-corrected chi connectivity index (χ4v) is 4.46. The van der Waals surface area contributed by atoms with Crippen LogP contribution in [0.3, 0.4) is 0 Å². The van der Waals surface area contributed by atoms with Gasteiger partial charge in [-0.2, -0.15) is 0 Å². The molecule has 1 aliphatic heterocycles. The quantitative estimate of drug-likeness (QED) is 0.763. The Morgan fingerprint density at radius 3 is 3.00 bits per heavy atom. The van der Waals surface area contributed by atoms with Gasteiger partial charge in [-0.05, 0) is 38.8 Å². The van der Waals surface area contributed by atoms with Gasteiger partial charge in [0.15, 0.2) is 5.13 Å². The highest BCUT2D eigenvalue weighted by atomic mass is 32.1. The van der Waals surface area contributed by atoms with Gasteiger partial charge >= 0.3 is 0 Å². The highest BCUT2D eigenvalue weighted by Gasteiger charge is 2.24. The van der Waals surface area contributed by atoms with Gasteiger partial charge in [0.1, 0.15) is 5.76 Å². The van der Waals surface area contributed by atoms with Crippen LogP contribution in [-0.2, 0) is 11.2 Å². The standard InChI is InChI=1S/C19H22N4O2S/c1-12-15(13(2)25-22-12)10-18(24)20-14-6-5-9-23(11-14)19-21-16-7-3-4-8-17(16)26-19/h3-4,7-8,14H,5-6,9-11H2,1-2H3,(H,20,24). The Kier molecular flexibility index (Phi) is 4.63. The van der Waals surface area contributed by atoms with Crippen LogP contribution in [0.15, 0.2) is 28.8 Å². The summed E-state index contributed by atoms with van der Waals surface area (Å²) in [6.45, 7) is 5.50. The lowest BCUT2D eigenvalue weighted by molar-refractivity contribution is -0.121. The Hall–Kier alpha value is -2.41. The van der Waals surface area contributed by atoms with E-state index < -0.39 is 0 Å². The summed E-state index contributed by atoms with van der Waals surface area (Å²) in [7, 11) is 0. The van der Waals surface area contributed by atoms with Crippen LogP contribution in [0.5, 0.6) is 0 Å². The van der Waals surface area contributed by atoms with Crippen molar-refractivity contribution >= 4 is 32.6 Å². The summed E-state index contributed by atoms with van der Waals surface area (Å²) in [6.07, 6.45) is 2.36. The molecule has 1 fully saturated rings. The van der Waals surface area contributed by atoms with Gasteiger partial charge in [-0.25, -0.2) is 4.98 Å². The van der Waals surface area contributed by atoms with Crippen LogP contribution < -0.4 is 10.2 Å². The van der Waals surface area contributed by atoms with E-state index in [1.165, 1.54) is 4.70 Å². The molecule has 3 aromatic rings. The third kappa shape index (κ3) is 3.44. The number of piperidine rings is 1. The topological polar surface area (TPSA) is 71.3 Å². The number of carbonyl (C=O) groups is 1. The fourth-order valence-electron chi connectivity index (χ4n) is 3.46. The zero-order valence-electron chi connectivity index (χ0n) is 15.0. The van der Waals surface area contributed by atoms with Gasteiger partial charge in [0.2, 0.25) is 5.91 Å². The maximum Gasteiger partial charge on any atom is 0.224 e. The third-order valence-electron chi connectivity index (χ3n) is 4.86. The normalized spacial score (nSPS) is 17.6. The van der Waals surface area contributed by atoms with Crippen molar-refractivity contribution in [1.29, 1.82) is 0 Å². The highest BCUT2D eigenvalue weighted by Crippen LogP contribution is 2.30. The minimum absolute atomic E-state index is 0.0237. The molecule has 1 aromatic carbocycles. The second-order valence-electron chi connectivity index (χ2n) is 6.80. The van der Waals surface area contributed by atoms with Crippen molar-refractivity contribution in [3.05, 3.63) is 41.3 Å². The summed E-state index contributed by atoms with van der Waals surface area (Å²) in [4.78, 5) is 19.5. The summed E-state index contributed by atoms with van der Waals surface area (Å²) in [5.41, 5.74) is 2.72. The summed E-state index contributed by atoms with van der Waals surface area (Å²) < 4.78 is 6.35. The number of carbonyl (C=O) groups excluding carboxylic acids is 1. The number of nitrogens with one attached hydrogen (secondary N) is 1. The van der Waals surface area contributed by atoms with E-state index in [0.717, 1.165) is 53.6 Å². The molecule has 136 valence electrons. The minimum atomic E-state index is 0.0237. The number of thiazole rings is 1. The first-order chi connectivity index (χ1) is 12.6. The summed E-state index contributed by atoms with van der Waals surface area (Å²) >= 11 is 1.71.